The zero-order valence-electron chi connectivity index (χ0n) is 7.25. The fraction of sp³-hybridized carbons (Fsp3) is 0.182. The molecule has 64 valence electrons. The molecule has 1 N–H and O–H groups in total. The van der Waals surface area contributed by atoms with E-state index in [1.807, 2.05) is 12.4 Å². The van der Waals surface area contributed by atoms with Crippen LogP contribution in [0.15, 0.2) is 30.6 Å². The van der Waals surface area contributed by atoms with Crippen molar-refractivity contribution >= 4 is 10.8 Å². The van der Waals surface area contributed by atoms with E-state index in [-0.39, 0.29) is 0 Å². The predicted octanol–water partition coefficient (Wildman–Crippen LogP) is 1.84. The van der Waals surface area contributed by atoms with Gasteiger partial charge in [-0.25, -0.2) is 0 Å². The number of pyridine rings is 1. The standard InChI is InChI=1S/C11H10N2/c1-2-8-4-12-6-10-7-13-5-9(3-1)11(8)10/h1-4,6,13H,5,7H2. The maximum Gasteiger partial charge on any atom is 0.0346 e. The Morgan fingerprint density at radius 2 is 2.00 bits per heavy atom. The summed E-state index contributed by atoms with van der Waals surface area (Å²) >= 11 is 0. The molecule has 0 aliphatic carbocycles. The number of rotatable bonds is 0. The molecule has 2 heterocycles. The molecule has 1 aromatic carbocycles. The maximum absolute atomic E-state index is 4.22. The Hall–Kier alpha value is -1.41. The van der Waals surface area contributed by atoms with E-state index in [2.05, 4.69) is 28.5 Å². The van der Waals surface area contributed by atoms with Gasteiger partial charge in [0.05, 0.1) is 0 Å². The second-order valence-electron chi connectivity index (χ2n) is 3.42. The van der Waals surface area contributed by atoms with Crippen LogP contribution in [0.4, 0.5) is 0 Å². The van der Waals surface area contributed by atoms with Crippen molar-refractivity contribution in [3.63, 3.8) is 0 Å². The van der Waals surface area contributed by atoms with Crippen molar-refractivity contribution < 1.29 is 0 Å². The van der Waals surface area contributed by atoms with Crippen molar-refractivity contribution in [2.75, 3.05) is 0 Å². The Labute approximate surface area is 76.6 Å². The Morgan fingerprint density at radius 1 is 1.08 bits per heavy atom. The molecule has 0 saturated carbocycles. The van der Waals surface area contributed by atoms with Crippen molar-refractivity contribution in [3.05, 3.63) is 41.7 Å². The SMILES string of the molecule is c1cc2c3c(cncc3c1)CNC2. The molecule has 1 aromatic heterocycles. The topological polar surface area (TPSA) is 24.9 Å². The molecule has 1 aliphatic rings. The molecule has 13 heavy (non-hydrogen) atoms. The van der Waals surface area contributed by atoms with Gasteiger partial charge in [0.1, 0.15) is 0 Å². The van der Waals surface area contributed by atoms with E-state index in [0.29, 0.717) is 0 Å². The van der Waals surface area contributed by atoms with Gasteiger partial charge < -0.3 is 5.32 Å². The molecule has 0 radical (unpaired) electrons. The van der Waals surface area contributed by atoms with Crippen LogP contribution in [-0.4, -0.2) is 4.98 Å². The van der Waals surface area contributed by atoms with E-state index in [9.17, 15) is 0 Å². The van der Waals surface area contributed by atoms with Gasteiger partial charge in [0.15, 0.2) is 0 Å². The minimum Gasteiger partial charge on any atom is -0.309 e. The van der Waals surface area contributed by atoms with Crippen LogP contribution in [0.5, 0.6) is 0 Å². The van der Waals surface area contributed by atoms with Crippen LogP contribution in [0.1, 0.15) is 11.1 Å². The molecule has 0 unspecified atom stereocenters. The van der Waals surface area contributed by atoms with Crippen LogP contribution in [0.25, 0.3) is 10.8 Å². The van der Waals surface area contributed by atoms with Crippen molar-refractivity contribution in [2.24, 2.45) is 0 Å². The highest BCUT2D eigenvalue weighted by atomic mass is 14.9. The van der Waals surface area contributed by atoms with E-state index in [4.69, 9.17) is 0 Å². The Bertz CT molecular complexity index is 424. The Balaban J connectivity index is 2.49. The first kappa shape index (κ1) is 7.04. The smallest absolute Gasteiger partial charge is 0.0346 e. The van der Waals surface area contributed by atoms with Crippen LogP contribution >= 0.6 is 0 Å². The second-order valence-corrected chi connectivity index (χ2v) is 3.42. The van der Waals surface area contributed by atoms with Crippen LogP contribution in [0.2, 0.25) is 0 Å². The average Bonchev–Trinajstić information content (AvgIpc) is 2.19. The van der Waals surface area contributed by atoms with Gasteiger partial charge in [-0.15, -0.1) is 0 Å². The summed E-state index contributed by atoms with van der Waals surface area (Å²) in [6.45, 7) is 1.93. The Morgan fingerprint density at radius 3 is 3.00 bits per heavy atom. The molecule has 2 heteroatoms. The first-order chi connectivity index (χ1) is 6.45. The number of nitrogens with one attached hydrogen (secondary N) is 1. The monoisotopic (exact) mass is 170 g/mol. The van der Waals surface area contributed by atoms with E-state index >= 15 is 0 Å². The molecular weight excluding hydrogens is 160 g/mol. The third-order valence-electron chi connectivity index (χ3n) is 2.58. The van der Waals surface area contributed by atoms with E-state index in [0.717, 1.165) is 13.1 Å². The van der Waals surface area contributed by atoms with Crippen LogP contribution in [-0.2, 0) is 13.1 Å². The van der Waals surface area contributed by atoms with Gasteiger partial charge in [-0.2, -0.15) is 0 Å². The molecule has 0 amide bonds. The fourth-order valence-electron chi connectivity index (χ4n) is 2.00. The third-order valence-corrected chi connectivity index (χ3v) is 2.58. The van der Waals surface area contributed by atoms with Gasteiger partial charge in [-0.05, 0) is 16.5 Å². The molecule has 2 aromatic rings. The van der Waals surface area contributed by atoms with Gasteiger partial charge in [0, 0.05) is 30.9 Å². The lowest BCUT2D eigenvalue weighted by atomic mass is 9.99. The Kier molecular flexibility index (Phi) is 1.37. The predicted molar refractivity (Wildman–Crippen MR) is 52.3 cm³/mol. The first-order valence-corrected chi connectivity index (χ1v) is 4.50. The van der Waals surface area contributed by atoms with Gasteiger partial charge in [-0.1, -0.05) is 18.2 Å². The molecule has 0 bridgehead atoms. The number of aromatic nitrogens is 1. The summed E-state index contributed by atoms with van der Waals surface area (Å²) in [6.07, 6.45) is 3.89. The summed E-state index contributed by atoms with van der Waals surface area (Å²) in [5.74, 6) is 0. The van der Waals surface area contributed by atoms with E-state index < -0.39 is 0 Å². The quantitative estimate of drug-likeness (QED) is 0.652. The van der Waals surface area contributed by atoms with Crippen molar-refractivity contribution in [3.8, 4) is 0 Å². The molecule has 0 saturated heterocycles. The van der Waals surface area contributed by atoms with Crippen LogP contribution in [0.3, 0.4) is 0 Å². The highest BCUT2D eigenvalue weighted by Crippen LogP contribution is 2.24. The molecule has 1 aliphatic heterocycles. The lowest BCUT2D eigenvalue weighted by Gasteiger charge is -2.17. The third kappa shape index (κ3) is 0.956. The van der Waals surface area contributed by atoms with Crippen molar-refractivity contribution in [1.82, 2.24) is 10.3 Å². The molecule has 2 nitrogen and oxygen atoms in total. The number of hydrogen-bond donors (Lipinski definition) is 1. The summed E-state index contributed by atoms with van der Waals surface area (Å²) in [5.41, 5.74) is 2.71. The van der Waals surface area contributed by atoms with E-state index in [1.54, 1.807) is 0 Å². The summed E-state index contributed by atoms with van der Waals surface area (Å²) in [4.78, 5) is 4.22. The zero-order valence-corrected chi connectivity index (χ0v) is 7.25. The molecular formula is C11H10N2. The molecule has 0 fully saturated rings. The van der Waals surface area contributed by atoms with Gasteiger partial charge in [0.2, 0.25) is 0 Å². The van der Waals surface area contributed by atoms with Crippen molar-refractivity contribution in [2.45, 2.75) is 13.1 Å². The van der Waals surface area contributed by atoms with Gasteiger partial charge in [0.25, 0.3) is 0 Å². The number of benzene rings is 1. The average molecular weight is 170 g/mol. The lowest BCUT2D eigenvalue weighted by Crippen LogP contribution is -2.18. The lowest BCUT2D eigenvalue weighted by molar-refractivity contribution is 0.681. The molecule has 3 rings (SSSR count). The number of hydrogen-bond acceptors (Lipinski definition) is 2. The van der Waals surface area contributed by atoms with Crippen LogP contribution in [0, 0.1) is 0 Å². The summed E-state index contributed by atoms with van der Waals surface area (Å²) in [5, 5.41) is 6.02. The minimum atomic E-state index is 0.946. The summed E-state index contributed by atoms with van der Waals surface area (Å²) < 4.78 is 0. The van der Waals surface area contributed by atoms with Crippen molar-refractivity contribution in [1.29, 1.82) is 0 Å². The molecule has 0 spiro atoms. The highest BCUT2D eigenvalue weighted by molar-refractivity contribution is 5.88. The van der Waals surface area contributed by atoms with E-state index in [1.165, 1.54) is 21.9 Å². The zero-order chi connectivity index (χ0) is 8.67. The second kappa shape index (κ2) is 2.54. The fourth-order valence-corrected chi connectivity index (χ4v) is 2.00. The van der Waals surface area contributed by atoms with Gasteiger partial charge >= 0.3 is 0 Å². The normalized spacial score (nSPS) is 14.8. The number of nitrogens with zero attached hydrogens (tertiary/aromatic N) is 1. The maximum atomic E-state index is 4.22. The largest absolute Gasteiger partial charge is 0.309 e. The first-order valence-electron chi connectivity index (χ1n) is 4.50. The summed E-state index contributed by atoms with van der Waals surface area (Å²) in [6, 6.07) is 6.40. The molecule has 0 atom stereocenters. The summed E-state index contributed by atoms with van der Waals surface area (Å²) in [7, 11) is 0. The minimum absolute atomic E-state index is 0.946. The van der Waals surface area contributed by atoms with Gasteiger partial charge in [-0.3, -0.25) is 4.98 Å². The van der Waals surface area contributed by atoms with Crippen LogP contribution < -0.4 is 5.32 Å². The highest BCUT2D eigenvalue weighted by Gasteiger charge is 2.10.